The number of amides is 1. The third kappa shape index (κ3) is 5.23. The van der Waals surface area contributed by atoms with Crippen molar-refractivity contribution in [3.8, 4) is 11.5 Å². The lowest BCUT2D eigenvalue weighted by atomic mass is 10.1. The SMILES string of the molecule is COc1ccccc1N(C)C(=O)Cc1ccc(O[I+]c2ccccc2)cc1. The van der Waals surface area contributed by atoms with Gasteiger partial charge in [0, 0.05) is 7.05 Å². The zero-order chi connectivity index (χ0) is 19.1. The molecule has 0 unspecified atom stereocenters. The average Bonchev–Trinajstić information content (AvgIpc) is 2.73. The number of carbonyl (C=O) groups is 1. The van der Waals surface area contributed by atoms with Gasteiger partial charge in [0.15, 0.2) is 5.75 Å². The number of hydrogen-bond acceptors (Lipinski definition) is 3. The fourth-order valence-electron chi connectivity index (χ4n) is 2.55. The Kier molecular flexibility index (Phi) is 6.70. The van der Waals surface area contributed by atoms with Gasteiger partial charge in [-0.2, -0.15) is 0 Å². The molecule has 0 aliphatic rings. The molecule has 0 saturated carbocycles. The largest absolute Gasteiger partial charge is 0.580 e. The van der Waals surface area contributed by atoms with Gasteiger partial charge in [0.25, 0.3) is 0 Å². The summed E-state index contributed by atoms with van der Waals surface area (Å²) in [5, 5.41) is 0. The average molecular weight is 474 g/mol. The van der Waals surface area contributed by atoms with Crippen LogP contribution in [0.4, 0.5) is 5.69 Å². The van der Waals surface area contributed by atoms with Crippen LogP contribution < -0.4 is 34.3 Å². The summed E-state index contributed by atoms with van der Waals surface area (Å²) in [7, 11) is 3.37. The first kappa shape index (κ1) is 19.2. The number of halogens is 1. The van der Waals surface area contributed by atoms with E-state index in [-0.39, 0.29) is 5.91 Å². The van der Waals surface area contributed by atoms with E-state index >= 15 is 0 Å². The van der Waals surface area contributed by atoms with Crippen LogP contribution in [0.1, 0.15) is 5.56 Å². The van der Waals surface area contributed by atoms with E-state index in [0.29, 0.717) is 12.2 Å². The number of para-hydroxylation sites is 2. The Morgan fingerprint density at radius 2 is 1.59 bits per heavy atom. The van der Waals surface area contributed by atoms with Crippen LogP contribution in [0.3, 0.4) is 0 Å². The van der Waals surface area contributed by atoms with Crippen molar-refractivity contribution >= 4 is 11.6 Å². The molecule has 0 spiro atoms. The van der Waals surface area contributed by atoms with E-state index in [2.05, 4.69) is 12.1 Å². The molecule has 3 rings (SSSR count). The van der Waals surface area contributed by atoms with Crippen LogP contribution >= 0.6 is 0 Å². The van der Waals surface area contributed by atoms with Crippen molar-refractivity contribution < 1.29 is 34.2 Å². The molecule has 0 bridgehead atoms. The first-order valence-corrected chi connectivity index (χ1v) is 10.5. The van der Waals surface area contributed by atoms with Gasteiger partial charge in [-0.1, -0.05) is 42.5 Å². The summed E-state index contributed by atoms with van der Waals surface area (Å²) >= 11 is -0.515. The Morgan fingerprint density at radius 1 is 0.926 bits per heavy atom. The summed E-state index contributed by atoms with van der Waals surface area (Å²) in [5.74, 6) is 1.52. The second-order valence-corrected chi connectivity index (χ2v) is 8.02. The number of rotatable bonds is 7. The molecule has 3 aromatic carbocycles. The second kappa shape index (κ2) is 9.41. The van der Waals surface area contributed by atoms with Gasteiger partial charge < -0.3 is 9.64 Å². The fourth-order valence-corrected chi connectivity index (χ4v) is 4.06. The minimum atomic E-state index is -0.515. The van der Waals surface area contributed by atoms with E-state index in [4.69, 9.17) is 7.80 Å². The zero-order valence-corrected chi connectivity index (χ0v) is 17.4. The van der Waals surface area contributed by atoms with E-state index in [1.165, 1.54) is 3.57 Å². The number of ether oxygens (including phenoxy) is 1. The van der Waals surface area contributed by atoms with Crippen LogP contribution in [0.25, 0.3) is 0 Å². The van der Waals surface area contributed by atoms with Gasteiger partial charge in [0.1, 0.15) is 5.75 Å². The van der Waals surface area contributed by atoms with E-state index in [1.807, 2.05) is 66.7 Å². The minimum absolute atomic E-state index is 0.00452. The summed E-state index contributed by atoms with van der Waals surface area (Å²) in [6.45, 7) is 0. The number of anilines is 1. The molecule has 0 N–H and O–H groups in total. The molecule has 138 valence electrons. The topological polar surface area (TPSA) is 38.8 Å². The van der Waals surface area contributed by atoms with Crippen molar-refractivity contribution in [1.82, 2.24) is 0 Å². The third-order valence-corrected chi connectivity index (χ3v) is 6.01. The summed E-state index contributed by atoms with van der Waals surface area (Å²) in [6.07, 6.45) is 0.322. The lowest BCUT2D eigenvalue weighted by Crippen LogP contribution is -3.64. The van der Waals surface area contributed by atoms with Gasteiger partial charge >= 0.3 is 21.6 Å². The van der Waals surface area contributed by atoms with Gasteiger partial charge in [-0.3, -0.25) is 4.79 Å². The number of benzene rings is 3. The fraction of sp³-hybridized carbons (Fsp3) is 0.136. The molecule has 4 nitrogen and oxygen atoms in total. The monoisotopic (exact) mass is 474 g/mol. The summed E-state index contributed by atoms with van der Waals surface area (Å²) in [5.41, 5.74) is 1.71. The molecule has 0 atom stereocenters. The highest BCUT2D eigenvalue weighted by molar-refractivity contribution is 5.95. The molecule has 0 radical (unpaired) electrons. The smallest absolute Gasteiger partial charge is 0.495 e. The summed E-state index contributed by atoms with van der Waals surface area (Å²) in [6, 6.07) is 25.4. The number of methoxy groups -OCH3 is 1. The molecule has 1 amide bonds. The number of hydrogen-bond donors (Lipinski definition) is 0. The predicted octanol–water partition coefficient (Wildman–Crippen LogP) is 1.15. The lowest BCUT2D eigenvalue weighted by molar-refractivity contribution is -0.836. The molecular weight excluding hydrogens is 453 g/mol. The molecule has 0 fully saturated rings. The van der Waals surface area contributed by atoms with Crippen molar-refractivity contribution in [3.63, 3.8) is 0 Å². The first-order valence-electron chi connectivity index (χ1n) is 8.52. The van der Waals surface area contributed by atoms with E-state index in [0.717, 1.165) is 17.0 Å². The molecule has 0 heterocycles. The Hall–Kier alpha value is -2.54. The quantitative estimate of drug-likeness (QED) is 0.483. The maximum absolute atomic E-state index is 12.6. The Morgan fingerprint density at radius 3 is 2.30 bits per heavy atom. The van der Waals surface area contributed by atoms with Crippen molar-refractivity contribution in [3.05, 3.63) is 88.0 Å². The van der Waals surface area contributed by atoms with Crippen LogP contribution in [-0.4, -0.2) is 20.1 Å². The van der Waals surface area contributed by atoms with E-state index in [1.54, 1.807) is 19.1 Å². The van der Waals surface area contributed by atoms with Crippen LogP contribution in [0.2, 0.25) is 0 Å². The van der Waals surface area contributed by atoms with Crippen molar-refractivity contribution in [1.29, 1.82) is 0 Å². The minimum Gasteiger partial charge on any atom is -0.495 e. The normalized spacial score (nSPS) is 10.3. The van der Waals surface area contributed by atoms with Crippen molar-refractivity contribution in [2.45, 2.75) is 6.42 Å². The lowest BCUT2D eigenvalue weighted by Gasteiger charge is -2.20. The Labute approximate surface area is 170 Å². The second-order valence-electron chi connectivity index (χ2n) is 5.90. The molecule has 0 aliphatic heterocycles. The molecule has 3 aromatic rings. The van der Waals surface area contributed by atoms with Crippen LogP contribution in [0.15, 0.2) is 78.9 Å². The molecule has 27 heavy (non-hydrogen) atoms. The van der Waals surface area contributed by atoms with Gasteiger partial charge in [-0.25, -0.2) is 3.07 Å². The third-order valence-electron chi connectivity index (χ3n) is 4.05. The number of nitrogens with zero attached hydrogens (tertiary/aromatic N) is 1. The molecule has 0 saturated heterocycles. The van der Waals surface area contributed by atoms with Gasteiger partial charge in [-0.15, -0.1) is 0 Å². The standard InChI is InChI=1S/C22H21INO3/c1-24(20-10-6-7-11-21(20)26-2)22(25)16-17-12-14-19(15-13-17)27-23-18-8-4-3-5-9-18/h3-15H,16H2,1-2H3/q+1. The van der Waals surface area contributed by atoms with Crippen LogP contribution in [-0.2, 0) is 11.2 Å². The van der Waals surface area contributed by atoms with Gasteiger partial charge in [0.05, 0.1) is 19.2 Å². The summed E-state index contributed by atoms with van der Waals surface area (Å²) < 4.78 is 12.5. The maximum atomic E-state index is 12.6. The molecule has 0 aliphatic carbocycles. The van der Waals surface area contributed by atoms with E-state index < -0.39 is 21.6 Å². The Bertz CT molecular complexity index is 882. The van der Waals surface area contributed by atoms with E-state index in [9.17, 15) is 4.79 Å². The summed E-state index contributed by atoms with van der Waals surface area (Å²) in [4.78, 5) is 14.3. The predicted molar refractivity (Wildman–Crippen MR) is 102 cm³/mol. The molecular formula is C22H21INO3+. The first-order chi connectivity index (χ1) is 13.2. The van der Waals surface area contributed by atoms with Gasteiger partial charge in [-0.05, 0) is 42.0 Å². The van der Waals surface area contributed by atoms with Crippen molar-refractivity contribution in [2.75, 3.05) is 19.1 Å². The maximum Gasteiger partial charge on any atom is 0.580 e. The number of carbonyl (C=O) groups excluding carboxylic acids is 1. The highest BCUT2D eigenvalue weighted by atomic mass is 127. The van der Waals surface area contributed by atoms with Crippen molar-refractivity contribution in [2.24, 2.45) is 0 Å². The van der Waals surface area contributed by atoms with Crippen LogP contribution in [0.5, 0.6) is 11.5 Å². The number of likely N-dealkylation sites (N-methyl/N-ethyl adjacent to an activating group) is 1. The molecule has 5 heteroatoms. The highest BCUT2D eigenvalue weighted by Crippen LogP contribution is 2.27. The Balaban J connectivity index is 1.59. The zero-order valence-electron chi connectivity index (χ0n) is 15.3. The van der Waals surface area contributed by atoms with Crippen LogP contribution in [0, 0.1) is 3.57 Å². The molecule has 0 aromatic heterocycles. The van der Waals surface area contributed by atoms with Gasteiger partial charge in [0.2, 0.25) is 9.48 Å². The highest BCUT2D eigenvalue weighted by Gasteiger charge is 2.17.